The molecule has 0 aromatic rings. The molecule has 0 N–H and O–H groups in total. The van der Waals surface area contributed by atoms with Gasteiger partial charge in [-0.25, -0.2) is 0 Å². The van der Waals surface area contributed by atoms with Gasteiger partial charge in [-0.3, -0.25) is 0 Å². The largest absolute Gasteiger partial charge is 0.379 e. The zero-order chi connectivity index (χ0) is 18.4. The smallest absolute Gasteiger partial charge is 0.0701 e. The Bertz CT molecular complexity index is 240. The van der Waals surface area contributed by atoms with Gasteiger partial charge in [-0.15, -0.1) is 0 Å². The summed E-state index contributed by atoms with van der Waals surface area (Å²) < 4.78 is 32.6. The second kappa shape index (κ2) is 21.8. The molecule has 0 aromatic heterocycles. The maximum Gasteiger partial charge on any atom is 0.0701 e. The van der Waals surface area contributed by atoms with Gasteiger partial charge in [-0.1, -0.05) is 33.6 Å². The van der Waals surface area contributed by atoms with Crippen molar-refractivity contribution in [1.29, 1.82) is 0 Å². The Morgan fingerprint density at radius 3 is 1.24 bits per heavy atom. The molecule has 0 aliphatic rings. The molecule has 1 atom stereocenters. The van der Waals surface area contributed by atoms with Gasteiger partial charge in [0, 0.05) is 13.2 Å². The van der Waals surface area contributed by atoms with E-state index in [2.05, 4.69) is 20.8 Å². The van der Waals surface area contributed by atoms with E-state index in [0.717, 1.165) is 32.5 Å². The number of ether oxygens (including phenoxy) is 6. The van der Waals surface area contributed by atoms with E-state index in [1.54, 1.807) is 0 Å². The monoisotopic (exact) mass is 364 g/mol. The molecule has 25 heavy (non-hydrogen) atoms. The zero-order valence-corrected chi connectivity index (χ0v) is 16.6. The first kappa shape index (κ1) is 24.8. The topological polar surface area (TPSA) is 55.4 Å². The summed E-state index contributed by atoms with van der Waals surface area (Å²) in [6.07, 6.45) is 3.42. The highest BCUT2D eigenvalue weighted by Gasteiger charge is 1.98. The van der Waals surface area contributed by atoms with Gasteiger partial charge in [0.25, 0.3) is 0 Å². The molecule has 0 amide bonds. The predicted octanol–water partition coefficient (Wildman–Crippen LogP) is 2.93. The number of rotatable bonds is 21. The molecule has 0 rings (SSSR count). The summed E-state index contributed by atoms with van der Waals surface area (Å²) in [6, 6.07) is 0. The van der Waals surface area contributed by atoms with E-state index in [9.17, 15) is 0 Å². The molecule has 0 bridgehead atoms. The van der Waals surface area contributed by atoms with Crippen molar-refractivity contribution in [2.24, 2.45) is 5.92 Å². The van der Waals surface area contributed by atoms with Gasteiger partial charge in [0.1, 0.15) is 0 Å². The number of hydrogen-bond acceptors (Lipinski definition) is 6. The van der Waals surface area contributed by atoms with Crippen LogP contribution in [0.1, 0.15) is 40.0 Å². The molecule has 0 aromatic carbocycles. The molecule has 6 heteroatoms. The Labute approximate surface area is 154 Å². The van der Waals surface area contributed by atoms with Crippen molar-refractivity contribution >= 4 is 0 Å². The quantitative estimate of drug-likeness (QED) is 0.292. The lowest BCUT2D eigenvalue weighted by Gasteiger charge is -2.10. The van der Waals surface area contributed by atoms with E-state index >= 15 is 0 Å². The van der Waals surface area contributed by atoms with E-state index in [1.165, 1.54) is 0 Å². The van der Waals surface area contributed by atoms with Gasteiger partial charge in [-0.05, 0) is 12.3 Å². The fraction of sp³-hybridized carbons (Fsp3) is 1.00. The molecular formula is C19H40O6. The van der Waals surface area contributed by atoms with E-state index in [-0.39, 0.29) is 0 Å². The highest BCUT2D eigenvalue weighted by molar-refractivity contribution is 4.45. The minimum Gasteiger partial charge on any atom is -0.379 e. The maximum atomic E-state index is 5.51. The Morgan fingerprint density at radius 2 is 0.880 bits per heavy atom. The molecule has 0 fully saturated rings. The normalized spacial score (nSPS) is 12.6. The van der Waals surface area contributed by atoms with Gasteiger partial charge < -0.3 is 28.4 Å². The van der Waals surface area contributed by atoms with Crippen LogP contribution in [0.2, 0.25) is 0 Å². The Kier molecular flexibility index (Phi) is 21.6. The SMILES string of the molecule is CCCCOCCOCCOCCOCCOCCOCC(C)CC. The molecule has 0 aliphatic carbocycles. The van der Waals surface area contributed by atoms with Crippen LogP contribution < -0.4 is 0 Å². The lowest BCUT2D eigenvalue weighted by molar-refractivity contribution is -0.0182. The highest BCUT2D eigenvalue weighted by Crippen LogP contribution is 1.99. The molecular weight excluding hydrogens is 324 g/mol. The minimum atomic E-state index is 0.577. The van der Waals surface area contributed by atoms with Crippen LogP contribution in [0, 0.1) is 5.92 Å². The maximum absolute atomic E-state index is 5.51. The lowest BCUT2D eigenvalue weighted by Crippen LogP contribution is -2.14. The van der Waals surface area contributed by atoms with Crippen molar-refractivity contribution in [2.75, 3.05) is 79.3 Å². The van der Waals surface area contributed by atoms with Crippen molar-refractivity contribution in [3.63, 3.8) is 0 Å². The van der Waals surface area contributed by atoms with Crippen molar-refractivity contribution in [1.82, 2.24) is 0 Å². The van der Waals surface area contributed by atoms with Crippen LogP contribution in [-0.2, 0) is 28.4 Å². The molecule has 1 unspecified atom stereocenters. The molecule has 6 nitrogen and oxygen atoms in total. The summed E-state index contributed by atoms with van der Waals surface area (Å²) in [5, 5.41) is 0. The fourth-order valence-electron chi connectivity index (χ4n) is 1.75. The summed E-state index contributed by atoms with van der Waals surface area (Å²) >= 11 is 0. The fourth-order valence-corrected chi connectivity index (χ4v) is 1.75. The standard InChI is InChI=1S/C19H40O6/c1-4-6-7-20-8-9-21-10-11-22-12-13-23-14-15-24-16-17-25-18-19(3)5-2/h19H,4-18H2,1-3H3. The molecule has 152 valence electrons. The average Bonchev–Trinajstić information content (AvgIpc) is 2.63. The summed E-state index contributed by atoms with van der Waals surface area (Å²) in [4.78, 5) is 0. The third-order valence-electron chi connectivity index (χ3n) is 3.60. The Balaban J connectivity index is 2.98. The van der Waals surface area contributed by atoms with Crippen molar-refractivity contribution in [3.8, 4) is 0 Å². The van der Waals surface area contributed by atoms with Crippen molar-refractivity contribution < 1.29 is 28.4 Å². The van der Waals surface area contributed by atoms with Crippen molar-refractivity contribution in [3.05, 3.63) is 0 Å². The molecule has 0 radical (unpaired) electrons. The van der Waals surface area contributed by atoms with E-state index in [1.807, 2.05) is 0 Å². The van der Waals surface area contributed by atoms with Gasteiger partial charge in [-0.2, -0.15) is 0 Å². The number of hydrogen-bond donors (Lipinski definition) is 0. The van der Waals surface area contributed by atoms with Crippen molar-refractivity contribution in [2.45, 2.75) is 40.0 Å². The van der Waals surface area contributed by atoms with Crippen LogP contribution in [0.3, 0.4) is 0 Å². The summed E-state index contributed by atoms with van der Waals surface area (Å²) in [7, 11) is 0. The average molecular weight is 365 g/mol. The van der Waals surface area contributed by atoms with Crippen LogP contribution in [0.25, 0.3) is 0 Å². The first-order valence-corrected chi connectivity index (χ1v) is 9.77. The summed E-state index contributed by atoms with van der Waals surface area (Å²) in [5.41, 5.74) is 0. The van der Waals surface area contributed by atoms with E-state index < -0.39 is 0 Å². The molecule has 0 saturated carbocycles. The predicted molar refractivity (Wildman–Crippen MR) is 99.3 cm³/mol. The van der Waals surface area contributed by atoms with E-state index in [4.69, 9.17) is 28.4 Å². The number of unbranched alkanes of at least 4 members (excludes halogenated alkanes) is 1. The molecule has 0 saturated heterocycles. The lowest BCUT2D eigenvalue weighted by atomic mass is 10.1. The van der Waals surface area contributed by atoms with Crippen LogP contribution >= 0.6 is 0 Å². The van der Waals surface area contributed by atoms with Crippen LogP contribution in [0.15, 0.2) is 0 Å². The second-order valence-electron chi connectivity index (χ2n) is 6.00. The Hall–Kier alpha value is -0.240. The first-order chi connectivity index (χ1) is 12.3. The third-order valence-corrected chi connectivity index (χ3v) is 3.60. The summed E-state index contributed by atoms with van der Waals surface area (Å²) in [6.45, 7) is 14.2. The zero-order valence-electron chi connectivity index (χ0n) is 16.6. The third kappa shape index (κ3) is 21.7. The molecule has 0 heterocycles. The highest BCUT2D eigenvalue weighted by atomic mass is 16.6. The first-order valence-electron chi connectivity index (χ1n) is 9.77. The van der Waals surface area contributed by atoms with Crippen LogP contribution in [0.4, 0.5) is 0 Å². The van der Waals surface area contributed by atoms with E-state index in [0.29, 0.717) is 72.0 Å². The molecule has 0 spiro atoms. The Morgan fingerprint density at radius 1 is 0.520 bits per heavy atom. The van der Waals surface area contributed by atoms with Gasteiger partial charge in [0.2, 0.25) is 0 Å². The second-order valence-corrected chi connectivity index (χ2v) is 6.00. The minimum absolute atomic E-state index is 0.577. The van der Waals surface area contributed by atoms with Gasteiger partial charge in [0.15, 0.2) is 0 Å². The summed E-state index contributed by atoms with van der Waals surface area (Å²) in [5.74, 6) is 0.618. The van der Waals surface area contributed by atoms with Crippen LogP contribution in [-0.4, -0.2) is 79.3 Å². The van der Waals surface area contributed by atoms with Gasteiger partial charge in [0.05, 0.1) is 66.1 Å². The van der Waals surface area contributed by atoms with Crippen LogP contribution in [0.5, 0.6) is 0 Å². The molecule has 0 aliphatic heterocycles. The van der Waals surface area contributed by atoms with Gasteiger partial charge >= 0.3 is 0 Å².